The highest BCUT2D eigenvalue weighted by atomic mass is 16.6. The van der Waals surface area contributed by atoms with Crippen LogP contribution in [0, 0.1) is 0 Å². The van der Waals surface area contributed by atoms with Crippen LogP contribution in [0.3, 0.4) is 0 Å². The lowest BCUT2D eigenvalue weighted by Crippen LogP contribution is -2.18. The number of carboxylic acids is 1. The van der Waals surface area contributed by atoms with Crippen LogP contribution < -0.4 is 0 Å². The molecule has 3 rings (SSSR count). The molecule has 0 spiro atoms. The lowest BCUT2D eigenvalue weighted by Gasteiger charge is -2.10. The van der Waals surface area contributed by atoms with Gasteiger partial charge in [-0.25, -0.2) is 4.79 Å². The quantitative estimate of drug-likeness (QED) is 0.440. The van der Waals surface area contributed by atoms with Crippen LogP contribution in [0.1, 0.15) is 34.1 Å². The third-order valence-electron chi connectivity index (χ3n) is 4.26. The van der Waals surface area contributed by atoms with Crippen molar-refractivity contribution in [3.8, 4) is 0 Å². The molecule has 136 valence electrons. The Labute approximate surface area is 150 Å². The Balaban J connectivity index is 1.62. The lowest BCUT2D eigenvalue weighted by molar-refractivity contribution is -0.148. The number of ketones is 1. The summed E-state index contributed by atoms with van der Waals surface area (Å²) in [4.78, 5) is 35.2. The molecule has 7 heteroatoms. The van der Waals surface area contributed by atoms with Crippen molar-refractivity contribution in [3.63, 3.8) is 0 Å². The Morgan fingerprint density at radius 2 is 1.85 bits per heavy atom. The van der Waals surface area contributed by atoms with E-state index >= 15 is 0 Å². The lowest BCUT2D eigenvalue weighted by atomic mass is 10.1. The van der Waals surface area contributed by atoms with E-state index in [0.717, 1.165) is 5.69 Å². The van der Waals surface area contributed by atoms with Gasteiger partial charge in [-0.2, -0.15) is 0 Å². The molecule has 7 nitrogen and oxygen atoms in total. The first-order valence-electron chi connectivity index (χ1n) is 8.33. The number of rotatable bonds is 8. The van der Waals surface area contributed by atoms with Gasteiger partial charge in [0.15, 0.2) is 0 Å². The van der Waals surface area contributed by atoms with Gasteiger partial charge >= 0.3 is 11.9 Å². The third-order valence-corrected chi connectivity index (χ3v) is 4.26. The van der Waals surface area contributed by atoms with E-state index in [9.17, 15) is 14.4 Å². The SMILES string of the molecule is O=C(O)COCCOC(=O)[C@@H]1CCn2c(C(=O)c3ccccc3)ccc21. The standard InChI is InChI=1S/C19H19NO6/c21-17(22)12-25-10-11-26-19(24)14-8-9-20-15(14)6-7-16(20)18(23)13-4-2-1-3-5-13/h1-7,14H,8-12H2,(H,21,22)/t14-/m1/s1. The van der Waals surface area contributed by atoms with E-state index in [2.05, 4.69) is 0 Å². The minimum absolute atomic E-state index is 0.000868. The second-order valence-electron chi connectivity index (χ2n) is 5.95. The van der Waals surface area contributed by atoms with Gasteiger partial charge in [-0.15, -0.1) is 0 Å². The molecular formula is C19H19NO6. The normalized spacial score (nSPS) is 15.5. The molecule has 1 atom stereocenters. The van der Waals surface area contributed by atoms with Gasteiger partial charge in [0.25, 0.3) is 0 Å². The van der Waals surface area contributed by atoms with Crippen LogP contribution in [0.5, 0.6) is 0 Å². The van der Waals surface area contributed by atoms with E-state index in [1.54, 1.807) is 24.3 Å². The molecule has 26 heavy (non-hydrogen) atoms. The smallest absolute Gasteiger partial charge is 0.329 e. The monoisotopic (exact) mass is 357 g/mol. The minimum atomic E-state index is -1.07. The van der Waals surface area contributed by atoms with Crippen molar-refractivity contribution in [2.75, 3.05) is 19.8 Å². The van der Waals surface area contributed by atoms with E-state index in [1.165, 1.54) is 0 Å². The van der Waals surface area contributed by atoms with E-state index in [1.807, 2.05) is 22.8 Å². The maximum atomic E-state index is 12.6. The van der Waals surface area contributed by atoms with Gasteiger partial charge in [-0.3, -0.25) is 9.59 Å². The summed E-state index contributed by atoms with van der Waals surface area (Å²) in [6, 6.07) is 12.5. The summed E-state index contributed by atoms with van der Waals surface area (Å²) in [6.07, 6.45) is 0.570. The molecule has 1 aliphatic heterocycles. The fourth-order valence-electron chi connectivity index (χ4n) is 3.08. The fraction of sp³-hybridized carbons (Fsp3) is 0.316. The fourth-order valence-corrected chi connectivity index (χ4v) is 3.08. The summed E-state index contributed by atoms with van der Waals surface area (Å²) in [5.41, 5.74) is 1.93. The molecule has 0 saturated heterocycles. The van der Waals surface area contributed by atoms with Crippen molar-refractivity contribution in [1.29, 1.82) is 0 Å². The van der Waals surface area contributed by atoms with E-state index in [4.69, 9.17) is 14.6 Å². The van der Waals surface area contributed by atoms with Crippen LogP contribution >= 0.6 is 0 Å². The molecule has 1 aliphatic rings. The number of carboxylic acid groups (broad SMARTS) is 1. The molecule has 0 aliphatic carbocycles. The molecule has 2 aromatic rings. The largest absolute Gasteiger partial charge is 0.480 e. The Bertz CT molecular complexity index is 811. The van der Waals surface area contributed by atoms with Crippen molar-refractivity contribution in [2.24, 2.45) is 0 Å². The number of fused-ring (bicyclic) bond motifs is 1. The van der Waals surface area contributed by atoms with Crippen LogP contribution in [0.25, 0.3) is 0 Å². The average Bonchev–Trinajstić information content (AvgIpc) is 3.23. The molecule has 0 bridgehead atoms. The van der Waals surface area contributed by atoms with E-state index in [0.29, 0.717) is 24.2 Å². The van der Waals surface area contributed by atoms with Crippen molar-refractivity contribution in [1.82, 2.24) is 4.57 Å². The van der Waals surface area contributed by atoms with Crippen LogP contribution in [0.15, 0.2) is 42.5 Å². The zero-order valence-corrected chi connectivity index (χ0v) is 14.1. The number of nitrogens with zero attached hydrogens (tertiary/aromatic N) is 1. The molecule has 0 radical (unpaired) electrons. The first-order valence-corrected chi connectivity index (χ1v) is 8.33. The van der Waals surface area contributed by atoms with Gasteiger partial charge < -0.3 is 19.1 Å². The summed E-state index contributed by atoms with van der Waals surface area (Å²) in [5, 5.41) is 8.47. The molecule has 0 unspecified atom stereocenters. The number of aromatic nitrogens is 1. The first kappa shape index (κ1) is 17.9. The summed E-state index contributed by atoms with van der Waals surface area (Å²) in [5.74, 6) is -1.96. The van der Waals surface area contributed by atoms with Crippen molar-refractivity contribution < 1.29 is 29.0 Å². The molecule has 1 aromatic carbocycles. The highest BCUT2D eigenvalue weighted by Crippen LogP contribution is 2.32. The molecular weight excluding hydrogens is 338 g/mol. The highest BCUT2D eigenvalue weighted by molar-refractivity contribution is 6.08. The Kier molecular flexibility index (Phi) is 5.48. The van der Waals surface area contributed by atoms with Gasteiger partial charge in [-0.05, 0) is 18.6 Å². The molecule has 1 N–H and O–H groups in total. The Morgan fingerprint density at radius 3 is 2.58 bits per heavy atom. The van der Waals surface area contributed by atoms with Crippen LogP contribution in [-0.2, 0) is 25.6 Å². The topological polar surface area (TPSA) is 94.8 Å². The maximum absolute atomic E-state index is 12.6. The average molecular weight is 357 g/mol. The number of esters is 1. The maximum Gasteiger partial charge on any atom is 0.329 e. The van der Waals surface area contributed by atoms with Crippen LogP contribution in [0.2, 0.25) is 0 Å². The number of carbonyl (C=O) groups excluding carboxylic acids is 2. The number of hydrogen-bond acceptors (Lipinski definition) is 5. The molecule has 0 saturated carbocycles. The number of carbonyl (C=O) groups is 3. The van der Waals surface area contributed by atoms with Gasteiger partial charge in [-0.1, -0.05) is 30.3 Å². The van der Waals surface area contributed by atoms with Crippen molar-refractivity contribution >= 4 is 17.7 Å². The Morgan fingerprint density at radius 1 is 1.08 bits per heavy atom. The summed E-state index contributed by atoms with van der Waals surface area (Å²) in [6.45, 7) is 0.183. The molecule has 0 fully saturated rings. The minimum Gasteiger partial charge on any atom is -0.480 e. The highest BCUT2D eigenvalue weighted by Gasteiger charge is 2.32. The summed E-state index contributed by atoms with van der Waals surface area (Å²) < 4.78 is 11.9. The van der Waals surface area contributed by atoms with Gasteiger partial charge in [0, 0.05) is 17.8 Å². The van der Waals surface area contributed by atoms with E-state index in [-0.39, 0.29) is 25.0 Å². The van der Waals surface area contributed by atoms with Gasteiger partial charge in [0.2, 0.25) is 5.78 Å². The van der Waals surface area contributed by atoms with Crippen LogP contribution in [-0.4, -0.2) is 47.2 Å². The Hall–Kier alpha value is -2.93. The third kappa shape index (κ3) is 3.83. The molecule has 0 amide bonds. The summed E-state index contributed by atoms with van der Waals surface area (Å²) in [7, 11) is 0. The van der Waals surface area contributed by atoms with Crippen molar-refractivity contribution in [2.45, 2.75) is 18.9 Å². The van der Waals surface area contributed by atoms with Crippen LogP contribution in [0.4, 0.5) is 0 Å². The second kappa shape index (κ2) is 7.97. The predicted molar refractivity (Wildman–Crippen MR) is 91.1 cm³/mol. The van der Waals surface area contributed by atoms with E-state index < -0.39 is 18.5 Å². The van der Waals surface area contributed by atoms with Gasteiger partial charge in [0.1, 0.15) is 13.2 Å². The predicted octanol–water partition coefficient (Wildman–Crippen LogP) is 1.85. The zero-order valence-electron chi connectivity index (χ0n) is 14.1. The van der Waals surface area contributed by atoms with Crippen molar-refractivity contribution in [3.05, 3.63) is 59.4 Å². The molecule has 2 heterocycles. The summed E-state index contributed by atoms with van der Waals surface area (Å²) >= 11 is 0. The van der Waals surface area contributed by atoms with Gasteiger partial charge in [0.05, 0.1) is 18.2 Å². The molecule has 1 aromatic heterocycles. The first-order chi connectivity index (χ1) is 12.6. The number of aliphatic carboxylic acids is 1. The number of benzene rings is 1. The second-order valence-corrected chi connectivity index (χ2v) is 5.95. The number of hydrogen-bond donors (Lipinski definition) is 1. The zero-order chi connectivity index (χ0) is 18.5. The number of ether oxygens (including phenoxy) is 2.